The monoisotopic (exact) mass is 230 g/mol. The molecule has 0 aliphatic heterocycles. The Morgan fingerprint density at radius 1 is 1.18 bits per heavy atom. The van der Waals surface area contributed by atoms with Crippen molar-refractivity contribution in [2.24, 2.45) is 0 Å². The van der Waals surface area contributed by atoms with Crippen LogP contribution in [0.2, 0.25) is 0 Å². The molecule has 0 aliphatic carbocycles. The molecule has 0 aliphatic rings. The number of hydrogen-bond donors (Lipinski definition) is 2. The average molecular weight is 230 g/mol. The Morgan fingerprint density at radius 2 is 2.00 bits per heavy atom. The van der Waals surface area contributed by atoms with Gasteiger partial charge in [-0.15, -0.1) is 0 Å². The smallest absolute Gasteiger partial charge is 0.326 e. The van der Waals surface area contributed by atoms with Crippen LogP contribution in [-0.2, 0) is 0 Å². The number of furan rings is 1. The molecule has 0 saturated heterocycles. The molecular weight excluding hydrogens is 216 g/mol. The van der Waals surface area contributed by atoms with Crippen LogP contribution >= 0.6 is 0 Å². The maximum atomic E-state index is 11.6. The Labute approximate surface area is 99.6 Å². The van der Waals surface area contributed by atoms with Gasteiger partial charge in [0.1, 0.15) is 0 Å². The number of benzene rings is 1. The summed E-state index contributed by atoms with van der Waals surface area (Å²) in [6, 6.07) is 8.94. The number of amides is 2. The van der Waals surface area contributed by atoms with Crippen LogP contribution in [0.4, 0.5) is 16.4 Å². The fraction of sp³-hybridized carbons (Fsp3) is 0.154. The van der Waals surface area contributed by atoms with Crippen LogP contribution in [0.5, 0.6) is 0 Å². The third kappa shape index (κ3) is 2.87. The van der Waals surface area contributed by atoms with E-state index in [1.807, 2.05) is 32.0 Å². The van der Waals surface area contributed by atoms with E-state index in [4.69, 9.17) is 4.42 Å². The number of aryl methyl sites for hydroxylation is 2. The fourth-order valence-electron chi connectivity index (χ4n) is 1.57. The molecule has 0 atom stereocenters. The fourth-order valence-corrected chi connectivity index (χ4v) is 1.57. The molecule has 0 spiro atoms. The molecule has 4 nitrogen and oxygen atoms in total. The van der Waals surface area contributed by atoms with Crippen molar-refractivity contribution < 1.29 is 9.21 Å². The highest BCUT2D eigenvalue weighted by Crippen LogP contribution is 2.16. The van der Waals surface area contributed by atoms with E-state index in [0.29, 0.717) is 5.88 Å². The predicted molar refractivity (Wildman–Crippen MR) is 67.3 cm³/mol. The van der Waals surface area contributed by atoms with Gasteiger partial charge in [0.15, 0.2) is 0 Å². The first-order valence-electron chi connectivity index (χ1n) is 5.34. The highest BCUT2D eigenvalue weighted by molar-refractivity contribution is 5.99. The standard InChI is InChI=1S/C13H14N2O2/c1-9-5-6-11(10(2)8-9)14-13(16)15-12-4-3-7-17-12/h3-8H,1-2H3,(H2,14,15,16). The largest absolute Gasteiger partial charge is 0.449 e. The summed E-state index contributed by atoms with van der Waals surface area (Å²) in [5.41, 5.74) is 2.98. The van der Waals surface area contributed by atoms with Crippen LogP contribution in [0.1, 0.15) is 11.1 Å². The number of carbonyl (C=O) groups excluding carboxylic acids is 1. The number of urea groups is 1. The van der Waals surface area contributed by atoms with Crippen LogP contribution in [0.3, 0.4) is 0 Å². The van der Waals surface area contributed by atoms with E-state index in [1.165, 1.54) is 11.8 Å². The van der Waals surface area contributed by atoms with Gasteiger partial charge in [-0.25, -0.2) is 4.79 Å². The minimum absolute atomic E-state index is 0.313. The minimum Gasteiger partial charge on any atom is -0.449 e. The summed E-state index contributed by atoms with van der Waals surface area (Å²) in [6.07, 6.45) is 1.51. The average Bonchev–Trinajstić information content (AvgIpc) is 2.75. The van der Waals surface area contributed by atoms with Crippen molar-refractivity contribution in [3.05, 3.63) is 47.7 Å². The second kappa shape index (κ2) is 4.74. The van der Waals surface area contributed by atoms with E-state index < -0.39 is 0 Å². The Morgan fingerprint density at radius 3 is 2.65 bits per heavy atom. The summed E-state index contributed by atoms with van der Waals surface area (Å²) in [4.78, 5) is 11.6. The topological polar surface area (TPSA) is 54.3 Å². The van der Waals surface area contributed by atoms with Crippen LogP contribution in [0, 0.1) is 13.8 Å². The van der Waals surface area contributed by atoms with E-state index in [-0.39, 0.29) is 6.03 Å². The van der Waals surface area contributed by atoms with E-state index >= 15 is 0 Å². The van der Waals surface area contributed by atoms with E-state index in [0.717, 1.165) is 11.3 Å². The first kappa shape index (κ1) is 11.3. The Bertz CT molecular complexity index is 518. The molecule has 0 fully saturated rings. The lowest BCUT2D eigenvalue weighted by atomic mass is 10.1. The molecule has 0 unspecified atom stereocenters. The van der Waals surface area contributed by atoms with Gasteiger partial charge in [-0.2, -0.15) is 0 Å². The Hall–Kier alpha value is -2.23. The minimum atomic E-state index is -0.313. The molecule has 4 heteroatoms. The molecule has 0 saturated carbocycles. The van der Waals surface area contributed by atoms with Crippen molar-refractivity contribution in [1.82, 2.24) is 0 Å². The molecule has 88 valence electrons. The van der Waals surface area contributed by atoms with Crippen LogP contribution in [0.15, 0.2) is 41.0 Å². The molecule has 2 rings (SSSR count). The highest BCUT2D eigenvalue weighted by atomic mass is 16.3. The summed E-state index contributed by atoms with van der Waals surface area (Å²) >= 11 is 0. The Balaban J connectivity index is 2.03. The maximum absolute atomic E-state index is 11.6. The zero-order valence-corrected chi connectivity index (χ0v) is 9.78. The van der Waals surface area contributed by atoms with Crippen molar-refractivity contribution in [3.63, 3.8) is 0 Å². The van der Waals surface area contributed by atoms with Crippen molar-refractivity contribution in [1.29, 1.82) is 0 Å². The quantitative estimate of drug-likeness (QED) is 0.829. The molecule has 2 aromatic rings. The number of nitrogens with one attached hydrogen (secondary N) is 2. The zero-order chi connectivity index (χ0) is 12.3. The van der Waals surface area contributed by atoms with Crippen LogP contribution in [0.25, 0.3) is 0 Å². The normalized spacial score (nSPS) is 10.0. The number of anilines is 2. The van der Waals surface area contributed by atoms with Gasteiger partial charge in [0.2, 0.25) is 5.88 Å². The first-order chi connectivity index (χ1) is 8.15. The lowest BCUT2D eigenvalue weighted by Gasteiger charge is -2.09. The van der Waals surface area contributed by atoms with Gasteiger partial charge in [-0.3, -0.25) is 5.32 Å². The first-order valence-corrected chi connectivity index (χ1v) is 5.34. The summed E-state index contributed by atoms with van der Waals surface area (Å²) in [5.74, 6) is 0.423. The van der Waals surface area contributed by atoms with Gasteiger partial charge in [0.05, 0.1) is 6.26 Å². The van der Waals surface area contributed by atoms with Crippen molar-refractivity contribution in [2.75, 3.05) is 10.6 Å². The lowest BCUT2D eigenvalue weighted by Crippen LogP contribution is -2.19. The SMILES string of the molecule is Cc1ccc(NC(=O)Nc2ccco2)c(C)c1. The summed E-state index contributed by atoms with van der Waals surface area (Å²) in [7, 11) is 0. The number of rotatable bonds is 2. The molecule has 1 aromatic heterocycles. The highest BCUT2D eigenvalue weighted by Gasteiger charge is 2.05. The van der Waals surface area contributed by atoms with E-state index in [9.17, 15) is 4.79 Å². The van der Waals surface area contributed by atoms with Crippen molar-refractivity contribution >= 4 is 17.6 Å². The molecule has 0 bridgehead atoms. The molecule has 1 heterocycles. The number of hydrogen-bond acceptors (Lipinski definition) is 2. The van der Waals surface area contributed by atoms with Gasteiger partial charge in [0.25, 0.3) is 0 Å². The van der Waals surface area contributed by atoms with Gasteiger partial charge in [-0.05, 0) is 31.5 Å². The lowest BCUT2D eigenvalue weighted by molar-refractivity contribution is 0.261. The zero-order valence-electron chi connectivity index (χ0n) is 9.78. The molecule has 17 heavy (non-hydrogen) atoms. The van der Waals surface area contributed by atoms with Crippen molar-refractivity contribution in [2.45, 2.75) is 13.8 Å². The molecule has 1 aromatic carbocycles. The van der Waals surface area contributed by atoms with Crippen LogP contribution < -0.4 is 10.6 Å². The van der Waals surface area contributed by atoms with Gasteiger partial charge < -0.3 is 9.73 Å². The van der Waals surface area contributed by atoms with Gasteiger partial charge in [0, 0.05) is 11.8 Å². The summed E-state index contributed by atoms with van der Waals surface area (Å²) in [5, 5.41) is 5.36. The second-order valence-corrected chi connectivity index (χ2v) is 3.87. The molecule has 0 radical (unpaired) electrons. The molecule has 2 N–H and O–H groups in total. The molecular formula is C13H14N2O2. The van der Waals surface area contributed by atoms with Gasteiger partial charge in [-0.1, -0.05) is 17.7 Å². The number of carbonyl (C=O) groups is 1. The third-order valence-electron chi connectivity index (χ3n) is 2.39. The van der Waals surface area contributed by atoms with Crippen molar-refractivity contribution in [3.8, 4) is 0 Å². The van der Waals surface area contributed by atoms with E-state index in [1.54, 1.807) is 12.1 Å². The maximum Gasteiger partial charge on any atom is 0.326 e. The summed E-state index contributed by atoms with van der Waals surface area (Å²) < 4.78 is 5.02. The van der Waals surface area contributed by atoms with Crippen LogP contribution in [-0.4, -0.2) is 6.03 Å². The predicted octanol–water partition coefficient (Wildman–Crippen LogP) is 3.54. The Kier molecular flexibility index (Phi) is 3.14. The molecule has 2 amide bonds. The van der Waals surface area contributed by atoms with E-state index in [2.05, 4.69) is 10.6 Å². The van der Waals surface area contributed by atoms with Gasteiger partial charge >= 0.3 is 6.03 Å². The second-order valence-electron chi connectivity index (χ2n) is 3.87. The third-order valence-corrected chi connectivity index (χ3v) is 2.39. The summed E-state index contributed by atoms with van der Waals surface area (Å²) in [6.45, 7) is 3.97.